The third-order valence-electron chi connectivity index (χ3n) is 2.68. The number of carbonyl (C=O) groups excluding carboxylic acids is 1. The van der Waals surface area contributed by atoms with Gasteiger partial charge < -0.3 is 10.2 Å². The molecule has 4 nitrogen and oxygen atoms in total. The number of amides is 1. The topological polar surface area (TPSA) is 45.2 Å². The van der Waals surface area contributed by atoms with Crippen LogP contribution in [0.3, 0.4) is 0 Å². The van der Waals surface area contributed by atoms with Gasteiger partial charge in [0.15, 0.2) is 0 Å². The zero-order valence-electron chi connectivity index (χ0n) is 11.0. The molecule has 1 heterocycles. The van der Waals surface area contributed by atoms with E-state index in [0.29, 0.717) is 11.3 Å². The Labute approximate surface area is 124 Å². The van der Waals surface area contributed by atoms with Gasteiger partial charge in [-0.3, -0.25) is 4.79 Å². The van der Waals surface area contributed by atoms with Crippen molar-refractivity contribution in [2.75, 3.05) is 24.3 Å². The minimum absolute atomic E-state index is 0.302. The van der Waals surface area contributed by atoms with Gasteiger partial charge in [0.25, 0.3) is 5.91 Å². The molecule has 2 rings (SSSR count). The van der Waals surface area contributed by atoms with E-state index in [1.54, 1.807) is 0 Å². The van der Waals surface area contributed by atoms with Crippen molar-refractivity contribution in [3.8, 4) is 0 Å². The highest BCUT2D eigenvalue weighted by atomic mass is 79.9. The van der Waals surface area contributed by atoms with Crippen LogP contribution in [0.1, 0.15) is 10.4 Å². The Hall–Kier alpha value is -1.95. The summed E-state index contributed by atoms with van der Waals surface area (Å²) in [4.78, 5) is 17.5. The molecule has 0 aliphatic carbocycles. The second kappa shape index (κ2) is 6.00. The van der Waals surface area contributed by atoms with Gasteiger partial charge in [-0.1, -0.05) is 15.9 Å². The predicted octanol–water partition coefficient (Wildman–Crippen LogP) is 3.30. The van der Waals surface area contributed by atoms with E-state index in [2.05, 4.69) is 26.2 Å². The molecule has 6 heteroatoms. The van der Waals surface area contributed by atoms with Gasteiger partial charge in [-0.2, -0.15) is 4.39 Å². The van der Waals surface area contributed by atoms with E-state index < -0.39 is 5.95 Å². The Morgan fingerprint density at radius 1 is 1.30 bits per heavy atom. The lowest BCUT2D eigenvalue weighted by atomic mass is 10.2. The van der Waals surface area contributed by atoms with Gasteiger partial charge >= 0.3 is 0 Å². The van der Waals surface area contributed by atoms with Gasteiger partial charge in [0.1, 0.15) is 0 Å². The average molecular weight is 338 g/mol. The van der Waals surface area contributed by atoms with E-state index >= 15 is 0 Å². The van der Waals surface area contributed by atoms with Gasteiger partial charge in [0.2, 0.25) is 5.95 Å². The lowest BCUT2D eigenvalue weighted by Gasteiger charge is -2.18. The maximum Gasteiger partial charge on any atom is 0.257 e. The third kappa shape index (κ3) is 3.33. The quantitative estimate of drug-likeness (QED) is 0.874. The predicted molar refractivity (Wildman–Crippen MR) is 80.6 cm³/mol. The normalized spacial score (nSPS) is 10.2. The molecule has 0 unspecified atom stereocenters. The number of nitrogens with one attached hydrogen (secondary N) is 1. The summed E-state index contributed by atoms with van der Waals surface area (Å²) < 4.78 is 13.6. The van der Waals surface area contributed by atoms with Crippen LogP contribution in [0.15, 0.2) is 41.0 Å². The van der Waals surface area contributed by atoms with Crippen LogP contribution < -0.4 is 10.2 Å². The van der Waals surface area contributed by atoms with Crippen LogP contribution in [0.25, 0.3) is 0 Å². The first-order valence-electron chi connectivity index (χ1n) is 5.87. The molecule has 1 aromatic heterocycles. The van der Waals surface area contributed by atoms with Crippen LogP contribution in [0.4, 0.5) is 15.8 Å². The molecule has 1 amide bonds. The number of halogens is 2. The van der Waals surface area contributed by atoms with Crippen LogP contribution in [0.5, 0.6) is 0 Å². The van der Waals surface area contributed by atoms with Gasteiger partial charge in [0, 0.05) is 24.8 Å². The number of hydrogen-bond acceptors (Lipinski definition) is 3. The minimum Gasteiger partial charge on any atom is -0.376 e. The van der Waals surface area contributed by atoms with E-state index in [1.165, 1.54) is 12.3 Å². The van der Waals surface area contributed by atoms with Crippen molar-refractivity contribution in [1.29, 1.82) is 0 Å². The Bertz CT molecular complexity index is 629. The Morgan fingerprint density at radius 3 is 2.65 bits per heavy atom. The fourth-order valence-corrected chi connectivity index (χ4v) is 2.06. The van der Waals surface area contributed by atoms with Gasteiger partial charge in [-0.25, -0.2) is 4.98 Å². The maximum absolute atomic E-state index is 12.7. The molecule has 1 aromatic carbocycles. The molecule has 0 spiro atoms. The standard InChI is InChI=1S/C14H13BrFN3O/c1-19(2)12-5-4-10(15)7-11(12)18-14(20)9-3-6-13(16)17-8-9/h3-8H,1-2H3,(H,18,20). The zero-order chi connectivity index (χ0) is 14.7. The number of benzene rings is 1. The molecule has 0 atom stereocenters. The number of anilines is 2. The number of rotatable bonds is 3. The van der Waals surface area contributed by atoms with Crippen LogP contribution in [-0.2, 0) is 0 Å². The molecule has 0 aliphatic heterocycles. The molecule has 0 aliphatic rings. The summed E-state index contributed by atoms with van der Waals surface area (Å²) >= 11 is 3.37. The minimum atomic E-state index is -0.613. The highest BCUT2D eigenvalue weighted by Crippen LogP contribution is 2.28. The van der Waals surface area contributed by atoms with Crippen LogP contribution in [0, 0.1) is 5.95 Å². The SMILES string of the molecule is CN(C)c1ccc(Br)cc1NC(=O)c1ccc(F)nc1. The molecule has 1 N–H and O–H groups in total. The Kier molecular flexibility index (Phi) is 4.34. The summed E-state index contributed by atoms with van der Waals surface area (Å²) in [5, 5.41) is 2.80. The second-order valence-electron chi connectivity index (χ2n) is 4.38. The highest BCUT2D eigenvalue weighted by Gasteiger charge is 2.11. The number of aromatic nitrogens is 1. The van der Waals surface area contributed by atoms with Crippen molar-refractivity contribution in [3.63, 3.8) is 0 Å². The van der Waals surface area contributed by atoms with Crippen molar-refractivity contribution in [2.45, 2.75) is 0 Å². The smallest absolute Gasteiger partial charge is 0.257 e. The summed E-state index contributed by atoms with van der Waals surface area (Å²) in [5.74, 6) is -0.948. The molecule has 2 aromatic rings. The van der Waals surface area contributed by atoms with Crippen LogP contribution in [-0.4, -0.2) is 25.0 Å². The van der Waals surface area contributed by atoms with Crippen molar-refractivity contribution < 1.29 is 9.18 Å². The fourth-order valence-electron chi connectivity index (χ4n) is 1.70. The lowest BCUT2D eigenvalue weighted by Crippen LogP contribution is -2.17. The van der Waals surface area contributed by atoms with E-state index in [0.717, 1.165) is 16.2 Å². The van der Waals surface area contributed by atoms with Gasteiger partial charge in [-0.05, 0) is 30.3 Å². The lowest BCUT2D eigenvalue weighted by molar-refractivity contribution is 0.102. The first-order valence-corrected chi connectivity index (χ1v) is 6.66. The van der Waals surface area contributed by atoms with E-state index in [4.69, 9.17) is 0 Å². The molecule has 104 valence electrons. The first kappa shape index (κ1) is 14.5. The van der Waals surface area contributed by atoms with Crippen molar-refractivity contribution in [2.24, 2.45) is 0 Å². The molecule has 0 fully saturated rings. The Morgan fingerprint density at radius 2 is 2.05 bits per heavy atom. The first-order chi connectivity index (χ1) is 9.47. The van der Waals surface area contributed by atoms with Gasteiger partial charge in [0.05, 0.1) is 16.9 Å². The number of carbonyl (C=O) groups is 1. The average Bonchev–Trinajstić information content (AvgIpc) is 2.39. The summed E-state index contributed by atoms with van der Waals surface area (Å²) in [6.07, 6.45) is 1.21. The molecule has 0 bridgehead atoms. The van der Waals surface area contributed by atoms with Gasteiger partial charge in [-0.15, -0.1) is 0 Å². The van der Waals surface area contributed by atoms with Crippen molar-refractivity contribution in [1.82, 2.24) is 4.98 Å². The summed E-state index contributed by atoms with van der Waals surface area (Å²) in [6, 6.07) is 8.14. The molecular weight excluding hydrogens is 325 g/mol. The number of pyridine rings is 1. The summed E-state index contributed by atoms with van der Waals surface area (Å²) in [5.41, 5.74) is 1.84. The zero-order valence-corrected chi connectivity index (χ0v) is 12.6. The monoisotopic (exact) mass is 337 g/mol. The molecule has 20 heavy (non-hydrogen) atoms. The molecule has 0 saturated heterocycles. The highest BCUT2D eigenvalue weighted by molar-refractivity contribution is 9.10. The third-order valence-corrected chi connectivity index (χ3v) is 3.17. The van der Waals surface area contributed by atoms with E-state index in [-0.39, 0.29) is 5.91 Å². The number of nitrogens with zero attached hydrogens (tertiary/aromatic N) is 2. The number of hydrogen-bond donors (Lipinski definition) is 1. The Balaban J connectivity index is 2.27. The van der Waals surface area contributed by atoms with Crippen LogP contribution in [0.2, 0.25) is 0 Å². The van der Waals surface area contributed by atoms with Crippen molar-refractivity contribution >= 4 is 33.2 Å². The molecule has 0 radical (unpaired) electrons. The largest absolute Gasteiger partial charge is 0.376 e. The summed E-state index contributed by atoms with van der Waals surface area (Å²) in [6.45, 7) is 0. The summed E-state index contributed by atoms with van der Waals surface area (Å²) in [7, 11) is 3.77. The van der Waals surface area contributed by atoms with Crippen molar-refractivity contribution in [3.05, 3.63) is 52.5 Å². The van der Waals surface area contributed by atoms with Crippen LogP contribution >= 0.6 is 15.9 Å². The molecular formula is C14H13BrFN3O. The second-order valence-corrected chi connectivity index (χ2v) is 5.30. The fraction of sp³-hybridized carbons (Fsp3) is 0.143. The van der Waals surface area contributed by atoms with E-state index in [1.807, 2.05) is 37.2 Å². The molecule has 0 saturated carbocycles. The maximum atomic E-state index is 12.7. The van der Waals surface area contributed by atoms with E-state index in [9.17, 15) is 9.18 Å².